The number of nitrogens with zero attached hydrogens (tertiary/aromatic N) is 1. The van der Waals surface area contributed by atoms with Gasteiger partial charge in [0.15, 0.2) is 18.1 Å². The van der Waals surface area contributed by atoms with Crippen molar-refractivity contribution >= 4 is 17.6 Å². The molecule has 2 rings (SSSR count). The molecule has 9 heteroatoms. The summed E-state index contributed by atoms with van der Waals surface area (Å²) in [5, 5.41) is 14.0. The summed E-state index contributed by atoms with van der Waals surface area (Å²) in [6, 6.07) is 10.4. The number of nitrogens with one attached hydrogen (secondary N) is 1. The van der Waals surface area contributed by atoms with Gasteiger partial charge in [-0.1, -0.05) is 38.1 Å². The number of hydrogen-bond acceptors (Lipinski definition) is 7. The number of nitro benzene ring substituents is 1. The van der Waals surface area contributed by atoms with Gasteiger partial charge in [-0.15, -0.1) is 0 Å². The Balaban J connectivity index is 1.93. The molecule has 0 bridgehead atoms. The van der Waals surface area contributed by atoms with Crippen LogP contribution in [0.25, 0.3) is 0 Å². The first kappa shape index (κ1) is 24.6. The van der Waals surface area contributed by atoms with Crippen LogP contribution >= 0.6 is 0 Å². The Bertz CT molecular complexity index is 956. The van der Waals surface area contributed by atoms with E-state index in [-0.39, 0.29) is 23.7 Å². The molecular weight excluding hydrogens is 416 g/mol. The van der Waals surface area contributed by atoms with E-state index in [4.69, 9.17) is 14.2 Å². The van der Waals surface area contributed by atoms with Gasteiger partial charge in [0.25, 0.3) is 11.6 Å². The Kier molecular flexibility index (Phi) is 9.00. The molecule has 0 aliphatic heterocycles. The van der Waals surface area contributed by atoms with Crippen molar-refractivity contribution in [3.63, 3.8) is 0 Å². The summed E-state index contributed by atoms with van der Waals surface area (Å²) in [7, 11) is 1.35. The molecule has 0 saturated heterocycles. The van der Waals surface area contributed by atoms with Crippen molar-refractivity contribution in [2.75, 3.05) is 26.9 Å². The van der Waals surface area contributed by atoms with Gasteiger partial charge in [0, 0.05) is 12.6 Å². The Hall–Kier alpha value is -3.62. The van der Waals surface area contributed by atoms with Gasteiger partial charge in [-0.05, 0) is 30.4 Å². The number of carbonyl (C=O) groups excluding carboxylic acids is 2. The Labute approximate surface area is 186 Å². The number of methoxy groups -OCH3 is 1. The first-order valence-corrected chi connectivity index (χ1v) is 10.3. The molecule has 2 aromatic carbocycles. The standard InChI is InChI=1S/C23H28N2O7/c1-5-31-21-13-19(25(28)29)18(12-20(21)30-4)23(27)32-14-22(26)24-11-10-16-6-8-17(9-7-16)15(2)3/h6-9,12-13,15H,5,10-11,14H2,1-4H3,(H,24,26). The highest BCUT2D eigenvalue weighted by molar-refractivity contribution is 5.96. The minimum Gasteiger partial charge on any atom is -0.493 e. The Morgan fingerprint density at radius 3 is 2.38 bits per heavy atom. The minimum absolute atomic E-state index is 0.136. The average molecular weight is 444 g/mol. The van der Waals surface area contributed by atoms with Crippen LogP contribution in [0.5, 0.6) is 11.5 Å². The molecule has 1 N–H and O–H groups in total. The maximum absolute atomic E-state index is 12.4. The fourth-order valence-electron chi connectivity index (χ4n) is 2.97. The van der Waals surface area contributed by atoms with E-state index in [1.807, 2.05) is 12.1 Å². The molecule has 1 amide bonds. The number of amides is 1. The Morgan fingerprint density at radius 2 is 1.81 bits per heavy atom. The van der Waals surface area contributed by atoms with Crippen LogP contribution in [0.2, 0.25) is 0 Å². The normalized spacial score (nSPS) is 10.5. The second kappa shape index (κ2) is 11.7. The molecule has 0 saturated carbocycles. The highest BCUT2D eigenvalue weighted by Crippen LogP contribution is 2.35. The third-order valence-electron chi connectivity index (χ3n) is 4.71. The highest BCUT2D eigenvalue weighted by Gasteiger charge is 2.26. The second-order valence-corrected chi connectivity index (χ2v) is 7.28. The summed E-state index contributed by atoms with van der Waals surface area (Å²) in [5.74, 6) is -0.769. The predicted molar refractivity (Wildman–Crippen MR) is 118 cm³/mol. The molecule has 0 aromatic heterocycles. The molecule has 32 heavy (non-hydrogen) atoms. The number of carbonyl (C=O) groups is 2. The van der Waals surface area contributed by atoms with Gasteiger partial charge in [0.1, 0.15) is 5.56 Å². The maximum Gasteiger partial charge on any atom is 0.345 e. The van der Waals surface area contributed by atoms with Gasteiger partial charge in [0.2, 0.25) is 0 Å². The van der Waals surface area contributed by atoms with E-state index in [9.17, 15) is 19.7 Å². The summed E-state index contributed by atoms with van der Waals surface area (Å²) >= 11 is 0. The van der Waals surface area contributed by atoms with E-state index in [1.165, 1.54) is 18.7 Å². The zero-order valence-corrected chi connectivity index (χ0v) is 18.7. The lowest BCUT2D eigenvalue weighted by molar-refractivity contribution is -0.385. The summed E-state index contributed by atoms with van der Waals surface area (Å²) in [5.41, 5.74) is 1.49. The molecule has 0 aliphatic carbocycles. The van der Waals surface area contributed by atoms with Crippen LogP contribution < -0.4 is 14.8 Å². The molecule has 0 radical (unpaired) electrons. The summed E-state index contributed by atoms with van der Waals surface area (Å²) in [6.07, 6.45) is 0.625. The number of hydrogen-bond donors (Lipinski definition) is 1. The van der Waals surface area contributed by atoms with Crippen molar-refractivity contribution in [3.8, 4) is 11.5 Å². The van der Waals surface area contributed by atoms with E-state index in [0.717, 1.165) is 11.6 Å². The van der Waals surface area contributed by atoms with Crippen LogP contribution in [0.3, 0.4) is 0 Å². The molecule has 0 spiro atoms. The fourth-order valence-corrected chi connectivity index (χ4v) is 2.97. The van der Waals surface area contributed by atoms with Crippen molar-refractivity contribution < 1.29 is 28.7 Å². The topological polar surface area (TPSA) is 117 Å². The zero-order chi connectivity index (χ0) is 23.7. The molecule has 2 aromatic rings. The summed E-state index contributed by atoms with van der Waals surface area (Å²) in [4.78, 5) is 35.1. The molecular formula is C23H28N2O7. The molecule has 0 heterocycles. The second-order valence-electron chi connectivity index (χ2n) is 7.28. The lowest BCUT2D eigenvalue weighted by atomic mass is 10.0. The molecule has 0 atom stereocenters. The molecule has 0 fully saturated rings. The summed E-state index contributed by atoms with van der Waals surface area (Å²) < 4.78 is 15.4. The van der Waals surface area contributed by atoms with Crippen LogP contribution in [0, 0.1) is 10.1 Å². The summed E-state index contributed by atoms with van der Waals surface area (Å²) in [6.45, 7) is 6.03. The largest absolute Gasteiger partial charge is 0.493 e. The SMILES string of the molecule is CCOc1cc([N+](=O)[O-])c(C(=O)OCC(=O)NCCc2ccc(C(C)C)cc2)cc1OC. The van der Waals surface area contributed by atoms with E-state index in [2.05, 4.69) is 31.3 Å². The molecule has 172 valence electrons. The third-order valence-corrected chi connectivity index (χ3v) is 4.71. The van der Waals surface area contributed by atoms with Crippen LogP contribution in [0.1, 0.15) is 48.2 Å². The van der Waals surface area contributed by atoms with Crippen molar-refractivity contribution in [2.24, 2.45) is 0 Å². The van der Waals surface area contributed by atoms with Gasteiger partial charge in [-0.2, -0.15) is 0 Å². The maximum atomic E-state index is 12.4. The number of ether oxygens (including phenoxy) is 3. The van der Waals surface area contributed by atoms with Gasteiger partial charge in [-0.3, -0.25) is 14.9 Å². The van der Waals surface area contributed by atoms with Crippen LogP contribution in [-0.2, 0) is 16.0 Å². The smallest absolute Gasteiger partial charge is 0.345 e. The molecule has 0 aliphatic rings. The quantitative estimate of drug-likeness (QED) is 0.319. The first-order valence-electron chi connectivity index (χ1n) is 10.3. The molecule has 0 unspecified atom stereocenters. The average Bonchev–Trinajstić information content (AvgIpc) is 2.77. The number of nitro groups is 1. The van der Waals surface area contributed by atoms with Crippen LogP contribution in [-0.4, -0.2) is 43.7 Å². The lowest BCUT2D eigenvalue weighted by Gasteiger charge is -2.12. The number of benzene rings is 2. The minimum atomic E-state index is -1.00. The monoisotopic (exact) mass is 444 g/mol. The predicted octanol–water partition coefficient (Wildman–Crippen LogP) is 3.64. The van der Waals surface area contributed by atoms with Crippen molar-refractivity contribution in [1.29, 1.82) is 0 Å². The number of rotatable bonds is 11. The first-order chi connectivity index (χ1) is 15.3. The van der Waals surface area contributed by atoms with Gasteiger partial charge in [-0.25, -0.2) is 4.79 Å². The van der Waals surface area contributed by atoms with Crippen molar-refractivity contribution in [1.82, 2.24) is 5.32 Å². The zero-order valence-electron chi connectivity index (χ0n) is 18.7. The van der Waals surface area contributed by atoms with E-state index in [1.54, 1.807) is 6.92 Å². The van der Waals surface area contributed by atoms with Crippen molar-refractivity contribution in [3.05, 3.63) is 63.2 Å². The third kappa shape index (κ3) is 6.69. The fraction of sp³-hybridized carbons (Fsp3) is 0.391. The Morgan fingerprint density at radius 1 is 1.12 bits per heavy atom. The van der Waals surface area contributed by atoms with E-state index >= 15 is 0 Å². The van der Waals surface area contributed by atoms with E-state index < -0.39 is 29.1 Å². The van der Waals surface area contributed by atoms with Gasteiger partial charge in [0.05, 0.1) is 24.7 Å². The van der Waals surface area contributed by atoms with Crippen LogP contribution in [0.4, 0.5) is 5.69 Å². The van der Waals surface area contributed by atoms with E-state index in [0.29, 0.717) is 18.9 Å². The van der Waals surface area contributed by atoms with Crippen LogP contribution in [0.15, 0.2) is 36.4 Å². The molecule has 9 nitrogen and oxygen atoms in total. The van der Waals surface area contributed by atoms with Crippen molar-refractivity contribution in [2.45, 2.75) is 33.1 Å². The number of esters is 1. The lowest BCUT2D eigenvalue weighted by Crippen LogP contribution is -2.30. The highest BCUT2D eigenvalue weighted by atomic mass is 16.6. The van der Waals surface area contributed by atoms with Gasteiger partial charge < -0.3 is 19.5 Å². The van der Waals surface area contributed by atoms with Gasteiger partial charge >= 0.3 is 5.97 Å².